The highest BCUT2D eigenvalue weighted by molar-refractivity contribution is 6.30. The van der Waals surface area contributed by atoms with Crippen molar-refractivity contribution in [2.45, 2.75) is 18.9 Å². The predicted octanol–water partition coefficient (Wildman–Crippen LogP) is 2.42. The molecule has 1 aromatic carbocycles. The van der Waals surface area contributed by atoms with Crippen molar-refractivity contribution < 1.29 is 9.59 Å². The Morgan fingerprint density at radius 2 is 2.12 bits per heavy atom. The van der Waals surface area contributed by atoms with Crippen LogP contribution in [0.2, 0.25) is 5.02 Å². The average molecular weight is 347 g/mol. The Morgan fingerprint density at radius 3 is 2.83 bits per heavy atom. The van der Waals surface area contributed by atoms with Gasteiger partial charge in [0.2, 0.25) is 5.91 Å². The second-order valence-electron chi connectivity index (χ2n) is 6.07. The van der Waals surface area contributed by atoms with Gasteiger partial charge in [0.1, 0.15) is 11.7 Å². The number of amides is 2. The number of aromatic amines is 1. The summed E-state index contributed by atoms with van der Waals surface area (Å²) in [6.07, 6.45) is 1.52. The van der Waals surface area contributed by atoms with E-state index >= 15 is 0 Å². The van der Waals surface area contributed by atoms with E-state index in [1.165, 1.54) is 4.90 Å². The van der Waals surface area contributed by atoms with Crippen molar-refractivity contribution in [3.05, 3.63) is 41.0 Å². The Kier molecular flexibility index (Phi) is 4.57. The number of H-pyrrole nitrogens is 1. The SMILES string of the molecule is CN(C)C(=O)C1CCCN1C(=O)c1cc(-c2cccc(Cl)c2)n[nH]1. The second kappa shape index (κ2) is 6.65. The van der Waals surface area contributed by atoms with Crippen molar-refractivity contribution in [1.29, 1.82) is 0 Å². The predicted molar refractivity (Wildman–Crippen MR) is 91.8 cm³/mol. The molecule has 0 bridgehead atoms. The number of hydrogen-bond donors (Lipinski definition) is 1. The van der Waals surface area contributed by atoms with Crippen LogP contribution in [0.4, 0.5) is 0 Å². The van der Waals surface area contributed by atoms with Gasteiger partial charge in [-0.25, -0.2) is 0 Å². The summed E-state index contributed by atoms with van der Waals surface area (Å²) < 4.78 is 0. The third-order valence-electron chi connectivity index (χ3n) is 4.17. The summed E-state index contributed by atoms with van der Waals surface area (Å²) in [6, 6.07) is 8.59. The molecule has 24 heavy (non-hydrogen) atoms. The molecule has 1 aromatic heterocycles. The van der Waals surface area contributed by atoms with Gasteiger partial charge in [-0.05, 0) is 31.0 Å². The molecule has 0 radical (unpaired) electrons. The number of rotatable bonds is 3. The van der Waals surface area contributed by atoms with Crippen LogP contribution in [0, 0.1) is 0 Å². The average Bonchev–Trinajstić information content (AvgIpc) is 3.23. The van der Waals surface area contributed by atoms with Crippen molar-refractivity contribution in [3.63, 3.8) is 0 Å². The molecule has 0 spiro atoms. The fourth-order valence-electron chi connectivity index (χ4n) is 2.95. The molecule has 1 aliphatic rings. The molecule has 1 aliphatic heterocycles. The van der Waals surface area contributed by atoms with Crippen molar-refractivity contribution in [2.75, 3.05) is 20.6 Å². The van der Waals surface area contributed by atoms with E-state index in [9.17, 15) is 9.59 Å². The normalized spacial score (nSPS) is 17.1. The lowest BCUT2D eigenvalue weighted by atomic mass is 10.1. The quantitative estimate of drug-likeness (QED) is 0.928. The van der Waals surface area contributed by atoms with E-state index in [0.717, 1.165) is 12.0 Å². The number of nitrogens with one attached hydrogen (secondary N) is 1. The van der Waals surface area contributed by atoms with Gasteiger partial charge in [-0.2, -0.15) is 5.10 Å². The van der Waals surface area contributed by atoms with Crippen LogP contribution < -0.4 is 0 Å². The number of halogens is 1. The first-order valence-electron chi connectivity index (χ1n) is 7.81. The van der Waals surface area contributed by atoms with Crippen LogP contribution in [0.15, 0.2) is 30.3 Å². The minimum absolute atomic E-state index is 0.0459. The molecular weight excluding hydrogens is 328 g/mol. The van der Waals surface area contributed by atoms with Crippen LogP contribution in [0.5, 0.6) is 0 Å². The van der Waals surface area contributed by atoms with E-state index in [2.05, 4.69) is 10.2 Å². The fraction of sp³-hybridized carbons (Fsp3) is 0.353. The Balaban J connectivity index is 1.82. The van der Waals surface area contributed by atoms with Crippen LogP contribution in [-0.4, -0.2) is 58.5 Å². The molecule has 2 amide bonds. The minimum atomic E-state index is -0.398. The molecule has 1 fully saturated rings. The fourth-order valence-corrected chi connectivity index (χ4v) is 3.14. The lowest BCUT2D eigenvalue weighted by molar-refractivity contribution is -0.132. The molecule has 1 N–H and O–H groups in total. The minimum Gasteiger partial charge on any atom is -0.347 e. The number of nitrogens with zero attached hydrogens (tertiary/aromatic N) is 3. The zero-order valence-corrected chi connectivity index (χ0v) is 14.4. The number of likely N-dealkylation sites (tertiary alicyclic amines) is 1. The summed E-state index contributed by atoms with van der Waals surface area (Å²) in [4.78, 5) is 28.2. The van der Waals surface area contributed by atoms with E-state index in [0.29, 0.717) is 29.4 Å². The largest absolute Gasteiger partial charge is 0.347 e. The Hall–Kier alpha value is -2.34. The molecule has 1 saturated heterocycles. The molecule has 0 aliphatic carbocycles. The highest BCUT2D eigenvalue weighted by Crippen LogP contribution is 2.24. The van der Waals surface area contributed by atoms with E-state index in [-0.39, 0.29) is 11.8 Å². The summed E-state index contributed by atoms with van der Waals surface area (Å²) >= 11 is 6.00. The highest BCUT2D eigenvalue weighted by Gasteiger charge is 2.35. The number of benzene rings is 1. The van der Waals surface area contributed by atoms with Gasteiger partial charge in [0.15, 0.2) is 0 Å². The van der Waals surface area contributed by atoms with Gasteiger partial charge in [0, 0.05) is 31.2 Å². The van der Waals surface area contributed by atoms with E-state index in [1.54, 1.807) is 37.2 Å². The molecule has 2 heterocycles. The number of hydrogen-bond acceptors (Lipinski definition) is 3. The van der Waals surface area contributed by atoms with Crippen LogP contribution >= 0.6 is 11.6 Å². The Bertz CT molecular complexity index is 771. The standard InChI is InChI=1S/C17H19ClN4O2/c1-21(2)17(24)15-7-4-8-22(15)16(23)14-10-13(19-20-14)11-5-3-6-12(18)9-11/h3,5-6,9-10,15H,4,7-8H2,1-2H3,(H,19,20). The summed E-state index contributed by atoms with van der Waals surface area (Å²) in [5, 5.41) is 7.59. The van der Waals surface area contributed by atoms with Gasteiger partial charge < -0.3 is 9.80 Å². The summed E-state index contributed by atoms with van der Waals surface area (Å²) in [7, 11) is 3.41. The molecule has 6 nitrogen and oxygen atoms in total. The van der Waals surface area contributed by atoms with Crippen molar-refractivity contribution in [2.24, 2.45) is 0 Å². The van der Waals surface area contributed by atoms with Gasteiger partial charge in [0.05, 0.1) is 5.69 Å². The zero-order valence-electron chi connectivity index (χ0n) is 13.6. The molecule has 1 unspecified atom stereocenters. The first kappa shape index (κ1) is 16.5. The lowest BCUT2D eigenvalue weighted by Gasteiger charge is -2.25. The highest BCUT2D eigenvalue weighted by atomic mass is 35.5. The molecule has 7 heteroatoms. The Labute approximate surface area is 145 Å². The van der Waals surface area contributed by atoms with Gasteiger partial charge >= 0.3 is 0 Å². The summed E-state index contributed by atoms with van der Waals surface area (Å²) in [5.74, 6) is -0.246. The number of likely N-dealkylation sites (N-methyl/N-ethyl adjacent to an activating group) is 1. The summed E-state index contributed by atoms with van der Waals surface area (Å²) in [6.45, 7) is 0.578. The molecule has 0 saturated carbocycles. The van der Waals surface area contributed by atoms with Crippen molar-refractivity contribution in [3.8, 4) is 11.3 Å². The van der Waals surface area contributed by atoms with Crippen LogP contribution in [0.1, 0.15) is 23.3 Å². The second-order valence-corrected chi connectivity index (χ2v) is 6.50. The molecule has 2 aromatic rings. The van der Waals surface area contributed by atoms with Gasteiger partial charge in [-0.1, -0.05) is 23.7 Å². The maximum atomic E-state index is 12.8. The first-order chi connectivity index (χ1) is 11.5. The number of aromatic nitrogens is 2. The maximum Gasteiger partial charge on any atom is 0.272 e. The molecular formula is C17H19ClN4O2. The third-order valence-corrected chi connectivity index (χ3v) is 4.40. The van der Waals surface area contributed by atoms with Crippen LogP contribution in [0.25, 0.3) is 11.3 Å². The van der Waals surface area contributed by atoms with Gasteiger partial charge in [-0.15, -0.1) is 0 Å². The van der Waals surface area contributed by atoms with Crippen molar-refractivity contribution >= 4 is 23.4 Å². The smallest absolute Gasteiger partial charge is 0.272 e. The van der Waals surface area contributed by atoms with E-state index in [4.69, 9.17) is 11.6 Å². The monoisotopic (exact) mass is 346 g/mol. The first-order valence-corrected chi connectivity index (χ1v) is 8.18. The third kappa shape index (κ3) is 3.14. The maximum absolute atomic E-state index is 12.8. The summed E-state index contributed by atoms with van der Waals surface area (Å²) in [5.41, 5.74) is 1.86. The topological polar surface area (TPSA) is 69.3 Å². The molecule has 1 atom stereocenters. The lowest BCUT2D eigenvalue weighted by Crippen LogP contribution is -2.45. The zero-order chi connectivity index (χ0) is 17.3. The van der Waals surface area contributed by atoms with Gasteiger partial charge in [0.25, 0.3) is 5.91 Å². The van der Waals surface area contributed by atoms with Gasteiger partial charge in [-0.3, -0.25) is 14.7 Å². The number of carbonyl (C=O) groups excluding carboxylic acids is 2. The van der Waals surface area contributed by atoms with Crippen molar-refractivity contribution in [1.82, 2.24) is 20.0 Å². The van der Waals surface area contributed by atoms with E-state index in [1.807, 2.05) is 12.1 Å². The molecule has 3 rings (SSSR count). The Morgan fingerprint density at radius 1 is 1.33 bits per heavy atom. The van der Waals surface area contributed by atoms with E-state index < -0.39 is 6.04 Å². The molecule has 126 valence electrons. The number of carbonyl (C=O) groups is 2. The van der Waals surface area contributed by atoms with Crippen LogP contribution in [0.3, 0.4) is 0 Å². The van der Waals surface area contributed by atoms with Crippen LogP contribution in [-0.2, 0) is 4.79 Å².